The van der Waals surface area contributed by atoms with E-state index in [1.54, 1.807) is 0 Å². The van der Waals surface area contributed by atoms with E-state index >= 15 is 0 Å². The second-order valence-corrected chi connectivity index (χ2v) is 5.38. The summed E-state index contributed by atoms with van der Waals surface area (Å²) in [7, 11) is 0. The molecule has 18 heavy (non-hydrogen) atoms. The van der Waals surface area contributed by atoms with Gasteiger partial charge in [0.15, 0.2) is 0 Å². The summed E-state index contributed by atoms with van der Waals surface area (Å²) < 4.78 is 0. The first-order valence-electron chi connectivity index (χ1n) is 7.08. The summed E-state index contributed by atoms with van der Waals surface area (Å²) in [6.45, 7) is 10.9. The molecule has 0 aliphatic heterocycles. The molecule has 0 unspecified atom stereocenters. The molecule has 0 atom stereocenters. The molecule has 0 aromatic heterocycles. The lowest BCUT2D eigenvalue weighted by molar-refractivity contribution is 0.349. The molecular weight excluding hydrogens is 216 g/mol. The zero-order valence-corrected chi connectivity index (χ0v) is 12.5. The smallest absolute Gasteiger partial charge is 0.0181 e. The lowest BCUT2D eigenvalue weighted by Crippen LogP contribution is -2.13. The van der Waals surface area contributed by atoms with Crippen LogP contribution in [0.1, 0.15) is 46.6 Å². The van der Waals surface area contributed by atoms with Gasteiger partial charge in [-0.05, 0) is 28.2 Å². The zero-order valence-electron chi connectivity index (χ0n) is 12.5. The van der Waals surface area contributed by atoms with E-state index in [1.807, 2.05) is 13.8 Å². The molecule has 98 valence electrons. The highest BCUT2D eigenvalue weighted by molar-refractivity contribution is 5.82. The Bertz CT molecular complexity index is 480. The largest absolute Gasteiger partial charge is 0.0683 e. The number of hydrogen-bond acceptors (Lipinski definition) is 0. The third-order valence-corrected chi connectivity index (χ3v) is 3.45. The SMILES string of the molecule is CC.CCC(C)(C)Cc1ccc2ccccc2c1. The predicted molar refractivity (Wildman–Crippen MR) is 83.1 cm³/mol. The van der Waals surface area contributed by atoms with Gasteiger partial charge < -0.3 is 0 Å². The predicted octanol–water partition coefficient (Wildman–Crippen LogP) is 5.84. The van der Waals surface area contributed by atoms with Crippen LogP contribution in [0.3, 0.4) is 0 Å². The van der Waals surface area contributed by atoms with Crippen LogP contribution in [0.15, 0.2) is 42.5 Å². The minimum Gasteiger partial charge on any atom is -0.0683 e. The molecule has 0 amide bonds. The summed E-state index contributed by atoms with van der Waals surface area (Å²) in [6.07, 6.45) is 2.38. The van der Waals surface area contributed by atoms with Gasteiger partial charge in [-0.3, -0.25) is 0 Å². The molecule has 0 bridgehead atoms. The number of fused-ring (bicyclic) bond motifs is 1. The Hall–Kier alpha value is -1.30. The third-order valence-electron chi connectivity index (χ3n) is 3.45. The molecule has 0 radical (unpaired) electrons. The average molecular weight is 242 g/mol. The Morgan fingerprint density at radius 2 is 1.50 bits per heavy atom. The monoisotopic (exact) mass is 242 g/mol. The molecule has 0 heteroatoms. The van der Waals surface area contributed by atoms with Gasteiger partial charge in [0.1, 0.15) is 0 Å². The Kier molecular flexibility index (Phi) is 5.40. The van der Waals surface area contributed by atoms with Crippen LogP contribution in [-0.2, 0) is 6.42 Å². The van der Waals surface area contributed by atoms with Crippen molar-refractivity contribution in [2.24, 2.45) is 5.41 Å². The highest BCUT2D eigenvalue weighted by atomic mass is 14.2. The molecule has 2 rings (SSSR count). The van der Waals surface area contributed by atoms with Gasteiger partial charge in [0.2, 0.25) is 0 Å². The van der Waals surface area contributed by atoms with Gasteiger partial charge in [-0.2, -0.15) is 0 Å². The number of benzene rings is 2. The van der Waals surface area contributed by atoms with Crippen molar-refractivity contribution in [2.45, 2.75) is 47.5 Å². The third kappa shape index (κ3) is 3.87. The van der Waals surface area contributed by atoms with Crippen LogP contribution in [0.25, 0.3) is 10.8 Å². The Morgan fingerprint density at radius 1 is 0.889 bits per heavy atom. The van der Waals surface area contributed by atoms with E-state index in [1.165, 1.54) is 22.8 Å². The fourth-order valence-corrected chi connectivity index (χ4v) is 2.03. The van der Waals surface area contributed by atoms with E-state index in [9.17, 15) is 0 Å². The maximum absolute atomic E-state index is 2.34. The molecule has 2 aromatic rings. The molecule has 0 aliphatic carbocycles. The molecule has 0 aliphatic rings. The first-order chi connectivity index (χ1) is 8.61. The highest BCUT2D eigenvalue weighted by Gasteiger charge is 2.15. The van der Waals surface area contributed by atoms with Crippen molar-refractivity contribution in [1.29, 1.82) is 0 Å². The summed E-state index contributed by atoms with van der Waals surface area (Å²) in [5.74, 6) is 0. The lowest BCUT2D eigenvalue weighted by atomic mass is 9.83. The number of hydrogen-bond donors (Lipinski definition) is 0. The Morgan fingerprint density at radius 3 is 2.11 bits per heavy atom. The second kappa shape index (κ2) is 6.58. The Labute approximate surface area is 112 Å². The van der Waals surface area contributed by atoms with Crippen LogP contribution >= 0.6 is 0 Å². The van der Waals surface area contributed by atoms with Crippen molar-refractivity contribution in [2.75, 3.05) is 0 Å². The minimum absolute atomic E-state index is 0.405. The van der Waals surface area contributed by atoms with Gasteiger partial charge in [-0.1, -0.05) is 83.5 Å². The second-order valence-electron chi connectivity index (χ2n) is 5.38. The highest BCUT2D eigenvalue weighted by Crippen LogP contribution is 2.27. The van der Waals surface area contributed by atoms with Crippen LogP contribution in [0.4, 0.5) is 0 Å². The summed E-state index contributed by atoms with van der Waals surface area (Å²) >= 11 is 0. The summed E-state index contributed by atoms with van der Waals surface area (Å²) in [5.41, 5.74) is 1.85. The van der Waals surface area contributed by atoms with Crippen molar-refractivity contribution < 1.29 is 0 Å². The first kappa shape index (κ1) is 14.8. The number of rotatable bonds is 3. The molecule has 0 fully saturated rings. The summed E-state index contributed by atoms with van der Waals surface area (Å²) in [4.78, 5) is 0. The topological polar surface area (TPSA) is 0 Å². The van der Waals surface area contributed by atoms with Crippen LogP contribution < -0.4 is 0 Å². The lowest BCUT2D eigenvalue weighted by Gasteiger charge is -2.22. The van der Waals surface area contributed by atoms with Gasteiger partial charge in [-0.15, -0.1) is 0 Å². The minimum atomic E-state index is 0.405. The van der Waals surface area contributed by atoms with E-state index in [-0.39, 0.29) is 0 Å². The van der Waals surface area contributed by atoms with E-state index in [0.717, 1.165) is 6.42 Å². The maximum Gasteiger partial charge on any atom is -0.0181 e. The van der Waals surface area contributed by atoms with Gasteiger partial charge in [0.05, 0.1) is 0 Å². The van der Waals surface area contributed by atoms with Crippen LogP contribution in [0.2, 0.25) is 0 Å². The van der Waals surface area contributed by atoms with Crippen molar-refractivity contribution in [1.82, 2.24) is 0 Å². The van der Waals surface area contributed by atoms with Crippen molar-refractivity contribution in [3.05, 3.63) is 48.0 Å². The van der Waals surface area contributed by atoms with Crippen molar-refractivity contribution in [3.63, 3.8) is 0 Å². The average Bonchev–Trinajstić information content (AvgIpc) is 2.40. The standard InChI is InChI=1S/C16H20.C2H6/c1-4-16(2,3)12-13-9-10-14-7-5-6-8-15(14)11-13;1-2/h5-11H,4,12H2,1-3H3;1-2H3. The zero-order chi connectivity index (χ0) is 13.6. The van der Waals surface area contributed by atoms with Gasteiger partial charge in [0, 0.05) is 0 Å². The maximum atomic E-state index is 2.34. The van der Waals surface area contributed by atoms with Crippen molar-refractivity contribution >= 4 is 10.8 Å². The van der Waals surface area contributed by atoms with Gasteiger partial charge >= 0.3 is 0 Å². The van der Waals surface area contributed by atoms with Gasteiger partial charge in [0.25, 0.3) is 0 Å². The first-order valence-corrected chi connectivity index (χ1v) is 7.08. The molecule has 0 saturated carbocycles. The molecule has 0 saturated heterocycles. The van der Waals surface area contributed by atoms with Gasteiger partial charge in [-0.25, -0.2) is 0 Å². The van der Waals surface area contributed by atoms with Crippen LogP contribution in [0.5, 0.6) is 0 Å². The van der Waals surface area contributed by atoms with Crippen molar-refractivity contribution in [3.8, 4) is 0 Å². The van der Waals surface area contributed by atoms with E-state index in [0.29, 0.717) is 5.41 Å². The van der Waals surface area contributed by atoms with Crippen LogP contribution in [-0.4, -0.2) is 0 Å². The summed E-state index contributed by atoms with van der Waals surface area (Å²) in [5, 5.41) is 2.69. The normalized spacial score (nSPS) is 10.9. The molecular formula is C18H26. The summed E-state index contributed by atoms with van der Waals surface area (Å²) in [6, 6.07) is 15.4. The van der Waals surface area contributed by atoms with E-state index in [4.69, 9.17) is 0 Å². The fraction of sp³-hybridized carbons (Fsp3) is 0.444. The van der Waals surface area contributed by atoms with E-state index < -0.39 is 0 Å². The molecule has 2 aromatic carbocycles. The van der Waals surface area contributed by atoms with E-state index in [2.05, 4.69) is 63.2 Å². The quantitative estimate of drug-likeness (QED) is 0.634. The fourth-order valence-electron chi connectivity index (χ4n) is 2.03. The molecule has 0 heterocycles. The molecule has 0 nitrogen and oxygen atoms in total. The molecule has 0 N–H and O–H groups in total. The van der Waals surface area contributed by atoms with Crippen LogP contribution in [0, 0.1) is 5.41 Å². The Balaban J connectivity index is 0.000000771. The molecule has 0 spiro atoms.